The van der Waals surface area contributed by atoms with Gasteiger partial charge in [0.25, 0.3) is 41.9 Å². The first-order chi connectivity index (χ1) is 29.7. The van der Waals surface area contributed by atoms with E-state index in [1.807, 2.05) is 0 Å². The van der Waals surface area contributed by atoms with E-state index in [2.05, 4.69) is 25.8 Å². The topological polar surface area (TPSA) is 323 Å². The molecule has 0 spiro atoms. The fourth-order valence-electron chi connectivity index (χ4n) is 5.88. The Kier molecular flexibility index (Phi) is 12.8. The number of nitro groups is 1. The van der Waals surface area contributed by atoms with Gasteiger partial charge in [-0.25, -0.2) is 0 Å². The molecule has 0 unspecified atom stereocenters. The van der Waals surface area contributed by atoms with Gasteiger partial charge in [0.1, 0.15) is 43.2 Å². The van der Waals surface area contributed by atoms with E-state index in [4.69, 9.17) is 9.47 Å². The number of ether oxygens (including phenoxy) is 2. The number of hydrogen-bond acceptors (Lipinski definition) is 16. The van der Waals surface area contributed by atoms with Crippen molar-refractivity contribution in [2.45, 2.75) is 14.7 Å². The molecule has 0 aliphatic carbocycles. The Hall–Kier alpha value is -7.48. The molecule has 21 nitrogen and oxygen atoms in total. The fourth-order valence-corrected chi connectivity index (χ4v) is 7.94. The molecule has 324 valence electrons. The second-order valence-corrected chi connectivity index (χ2v) is 17.1. The molecule has 0 saturated heterocycles. The number of hydrogen-bond donors (Lipinski definition) is 5. The van der Waals surface area contributed by atoms with Gasteiger partial charge in [0.05, 0.1) is 24.8 Å². The van der Waals surface area contributed by atoms with Crippen LogP contribution in [0.25, 0.3) is 22.9 Å². The van der Waals surface area contributed by atoms with E-state index in [1.54, 1.807) is 30.3 Å². The van der Waals surface area contributed by atoms with E-state index < -0.39 is 73.0 Å². The molecule has 0 aliphatic rings. The van der Waals surface area contributed by atoms with Crippen LogP contribution in [0.2, 0.25) is 0 Å². The molecule has 24 heteroatoms. The third kappa shape index (κ3) is 10.4. The van der Waals surface area contributed by atoms with Crippen molar-refractivity contribution in [1.82, 2.24) is 0 Å². The normalized spacial score (nSPS) is 12.3. The minimum absolute atomic E-state index is 0.0241. The molecule has 63 heavy (non-hydrogen) atoms. The average molecular weight is 919 g/mol. The molecule has 5 N–H and O–H groups in total. The van der Waals surface area contributed by atoms with Crippen molar-refractivity contribution in [3.8, 4) is 17.2 Å². The standard InChI is InChI=1S/C39H30N6O15S3/c1-59-32-21-31(43-44-37-36(63(56,57)58)17-25-16-26(13-15-29(25)38(37)46)40-39(47)24-6-4-3-5-7-24)33(60-2)20-30(32)42-41-27-12-10-22(34(18-27)61(50,51)52)8-9-23-11-14-28(45(48)49)19-35(23)62(53,54)55/h3-21,46H,1-2H3,(H,40,47)(H,50,51,52)(H,53,54,55)(H,56,57,58). The lowest BCUT2D eigenvalue weighted by atomic mass is 10.1. The average Bonchev–Trinajstić information content (AvgIpc) is 3.23. The van der Waals surface area contributed by atoms with Crippen molar-refractivity contribution in [3.63, 3.8) is 0 Å². The number of phenolic OH excluding ortho intramolecular Hbond substituents is 1. The zero-order valence-electron chi connectivity index (χ0n) is 32.2. The minimum Gasteiger partial charge on any atom is -0.505 e. The second kappa shape index (κ2) is 17.9. The molecule has 0 fully saturated rings. The number of carbonyl (C=O) groups is 1. The summed E-state index contributed by atoms with van der Waals surface area (Å²) in [5.74, 6) is -1.20. The van der Waals surface area contributed by atoms with E-state index in [-0.39, 0.29) is 56.1 Å². The number of non-ortho nitro benzene ring substituents is 1. The van der Waals surface area contributed by atoms with Crippen molar-refractivity contribution in [2.24, 2.45) is 20.5 Å². The van der Waals surface area contributed by atoms with Gasteiger partial charge in [-0.05, 0) is 71.1 Å². The van der Waals surface area contributed by atoms with Gasteiger partial charge in [-0.2, -0.15) is 30.4 Å². The molecular formula is C39H30N6O15S3. The first kappa shape index (κ1) is 45.1. The Morgan fingerprint density at radius 3 is 1.78 bits per heavy atom. The van der Waals surface area contributed by atoms with Crippen LogP contribution in [-0.4, -0.2) is 69.1 Å². The van der Waals surface area contributed by atoms with Gasteiger partial charge in [-0.1, -0.05) is 36.4 Å². The summed E-state index contributed by atoms with van der Waals surface area (Å²) in [7, 11) is -12.5. The van der Waals surface area contributed by atoms with Gasteiger partial charge in [0.2, 0.25) is 0 Å². The third-order valence-electron chi connectivity index (χ3n) is 8.84. The highest BCUT2D eigenvalue weighted by molar-refractivity contribution is 7.86. The third-order valence-corrected chi connectivity index (χ3v) is 11.5. The van der Waals surface area contributed by atoms with E-state index in [0.717, 1.165) is 36.4 Å². The van der Waals surface area contributed by atoms with Crippen LogP contribution >= 0.6 is 0 Å². The maximum absolute atomic E-state index is 12.7. The highest BCUT2D eigenvalue weighted by Gasteiger charge is 2.24. The van der Waals surface area contributed by atoms with Crippen molar-refractivity contribution in [2.75, 3.05) is 19.5 Å². The Bertz CT molecular complexity index is 3270. The molecule has 0 aromatic heterocycles. The summed E-state index contributed by atoms with van der Waals surface area (Å²) in [6.07, 6.45) is 2.12. The van der Waals surface area contributed by atoms with E-state index in [0.29, 0.717) is 11.6 Å². The molecular weight excluding hydrogens is 889 g/mol. The van der Waals surface area contributed by atoms with Crippen LogP contribution < -0.4 is 14.8 Å². The maximum atomic E-state index is 12.7. The number of azo groups is 2. The molecule has 0 radical (unpaired) electrons. The molecule has 6 aromatic carbocycles. The van der Waals surface area contributed by atoms with Crippen molar-refractivity contribution in [1.29, 1.82) is 0 Å². The Balaban J connectivity index is 1.31. The van der Waals surface area contributed by atoms with Crippen LogP contribution in [0.1, 0.15) is 21.5 Å². The van der Waals surface area contributed by atoms with Crippen LogP contribution in [0, 0.1) is 10.1 Å². The number of fused-ring (bicyclic) bond motifs is 1. The second-order valence-electron chi connectivity index (χ2n) is 12.9. The summed E-state index contributed by atoms with van der Waals surface area (Å²) in [4.78, 5) is 20.6. The van der Waals surface area contributed by atoms with Crippen LogP contribution in [0.15, 0.2) is 138 Å². The lowest BCUT2D eigenvalue weighted by molar-refractivity contribution is -0.385. The summed E-state index contributed by atoms with van der Waals surface area (Å²) in [5, 5.41) is 41.3. The zero-order valence-corrected chi connectivity index (χ0v) is 34.7. The molecule has 6 aromatic rings. The van der Waals surface area contributed by atoms with Gasteiger partial charge >= 0.3 is 0 Å². The largest absolute Gasteiger partial charge is 0.505 e. The number of nitrogens with zero attached hydrogens (tertiary/aromatic N) is 5. The molecule has 0 aliphatic heterocycles. The van der Waals surface area contributed by atoms with Gasteiger partial charge < -0.3 is 19.9 Å². The van der Waals surface area contributed by atoms with Crippen LogP contribution in [0.3, 0.4) is 0 Å². The summed E-state index contributed by atoms with van der Waals surface area (Å²) in [6.45, 7) is 0. The number of amides is 1. The Labute approximate surface area is 357 Å². The first-order valence-electron chi connectivity index (χ1n) is 17.5. The summed E-state index contributed by atoms with van der Waals surface area (Å²) < 4.78 is 114. The number of rotatable bonds is 14. The van der Waals surface area contributed by atoms with E-state index in [9.17, 15) is 58.9 Å². The number of nitro benzene ring substituents is 1. The number of phenols is 1. The van der Waals surface area contributed by atoms with Gasteiger partial charge in [0.15, 0.2) is 5.75 Å². The Morgan fingerprint density at radius 1 is 0.667 bits per heavy atom. The van der Waals surface area contributed by atoms with E-state index >= 15 is 0 Å². The number of carbonyl (C=O) groups excluding carboxylic acids is 1. The van der Waals surface area contributed by atoms with Gasteiger partial charge in [0, 0.05) is 40.9 Å². The number of anilines is 1. The molecule has 0 saturated carbocycles. The maximum Gasteiger partial charge on any atom is 0.296 e. The summed E-state index contributed by atoms with van der Waals surface area (Å²) >= 11 is 0. The highest BCUT2D eigenvalue weighted by atomic mass is 32.2. The lowest BCUT2D eigenvalue weighted by Gasteiger charge is -2.12. The van der Waals surface area contributed by atoms with Crippen molar-refractivity contribution >= 4 is 93.3 Å². The predicted molar refractivity (Wildman–Crippen MR) is 226 cm³/mol. The molecule has 1 amide bonds. The monoisotopic (exact) mass is 918 g/mol. The molecule has 0 heterocycles. The number of benzene rings is 6. The number of aromatic hydroxyl groups is 1. The molecule has 0 atom stereocenters. The summed E-state index contributed by atoms with van der Waals surface area (Å²) in [6, 6.07) is 22.0. The quantitative estimate of drug-likeness (QED) is 0.0225. The van der Waals surface area contributed by atoms with Crippen LogP contribution in [0.4, 0.5) is 34.1 Å². The SMILES string of the molecule is COc1cc(N=Nc2c(S(=O)(=O)O)cc3cc(NC(=O)c4ccccc4)ccc3c2O)c(OC)cc1N=Nc1ccc(C=Cc2ccc([N+](=O)[O-])cc2S(=O)(=O)O)c(S(=O)(=O)O)c1. The first-order valence-corrected chi connectivity index (χ1v) is 21.8. The van der Waals surface area contributed by atoms with Gasteiger partial charge in [-0.3, -0.25) is 28.6 Å². The smallest absolute Gasteiger partial charge is 0.296 e. The lowest BCUT2D eigenvalue weighted by Crippen LogP contribution is -2.11. The number of nitrogens with one attached hydrogen (secondary N) is 1. The zero-order chi connectivity index (χ0) is 45.9. The Morgan fingerprint density at radius 2 is 1.22 bits per heavy atom. The van der Waals surface area contributed by atoms with Crippen LogP contribution in [-0.2, 0) is 30.4 Å². The van der Waals surface area contributed by atoms with Crippen LogP contribution in [0.5, 0.6) is 17.2 Å². The predicted octanol–water partition coefficient (Wildman–Crippen LogP) is 8.46. The fraction of sp³-hybridized carbons (Fsp3) is 0.0513. The number of methoxy groups -OCH3 is 2. The van der Waals surface area contributed by atoms with Gasteiger partial charge in [-0.15, -0.1) is 15.3 Å². The highest BCUT2D eigenvalue weighted by Crippen LogP contribution is 2.45. The van der Waals surface area contributed by atoms with Crippen molar-refractivity contribution in [3.05, 3.63) is 130 Å². The summed E-state index contributed by atoms with van der Waals surface area (Å²) in [5.41, 5.74) is -1.35. The van der Waals surface area contributed by atoms with Crippen molar-refractivity contribution < 1.29 is 63.2 Å². The minimum atomic E-state index is -5.04. The van der Waals surface area contributed by atoms with E-state index in [1.165, 1.54) is 56.7 Å². The molecule has 0 bridgehead atoms. The molecule has 6 rings (SSSR count).